The van der Waals surface area contributed by atoms with Crippen LogP contribution in [0.1, 0.15) is 33.1 Å². The summed E-state index contributed by atoms with van der Waals surface area (Å²) in [6, 6.07) is 0. The van der Waals surface area contributed by atoms with E-state index in [0.29, 0.717) is 18.9 Å². The van der Waals surface area contributed by atoms with Crippen molar-refractivity contribution in [2.45, 2.75) is 38.6 Å². The summed E-state index contributed by atoms with van der Waals surface area (Å²) in [6.45, 7) is 5.60. The van der Waals surface area contributed by atoms with E-state index in [0.717, 1.165) is 32.2 Å². The molecule has 4 N–H and O–H groups in total. The molecule has 0 aliphatic carbocycles. The SMILES string of the molecule is CN=C(NCC(C)(C)NS(C)(=O)=O)N1CCCC(CC(N)=O)C1.I. The molecule has 0 saturated carbocycles. The third-order valence-corrected chi connectivity index (χ3v) is 4.59. The highest BCUT2D eigenvalue weighted by molar-refractivity contribution is 14.0. The van der Waals surface area contributed by atoms with Gasteiger partial charge < -0.3 is 16.0 Å². The van der Waals surface area contributed by atoms with Crippen molar-refractivity contribution in [3.63, 3.8) is 0 Å². The number of hydrogen-bond donors (Lipinski definition) is 3. The normalized spacial score (nSPS) is 19.6. The van der Waals surface area contributed by atoms with Crippen LogP contribution in [0.3, 0.4) is 0 Å². The van der Waals surface area contributed by atoms with E-state index >= 15 is 0 Å². The van der Waals surface area contributed by atoms with Gasteiger partial charge in [-0.3, -0.25) is 9.79 Å². The number of nitrogens with one attached hydrogen (secondary N) is 2. The Labute approximate surface area is 162 Å². The Morgan fingerprint density at radius 2 is 2.04 bits per heavy atom. The van der Waals surface area contributed by atoms with Gasteiger partial charge in [-0.2, -0.15) is 0 Å². The number of sulfonamides is 1. The van der Waals surface area contributed by atoms with Gasteiger partial charge in [0.05, 0.1) is 6.26 Å². The van der Waals surface area contributed by atoms with Crippen molar-refractivity contribution in [1.29, 1.82) is 0 Å². The third kappa shape index (κ3) is 9.02. The Morgan fingerprint density at radius 3 is 2.54 bits per heavy atom. The Morgan fingerprint density at radius 1 is 1.42 bits per heavy atom. The van der Waals surface area contributed by atoms with Crippen LogP contribution in [0.15, 0.2) is 4.99 Å². The maximum atomic E-state index is 11.4. The van der Waals surface area contributed by atoms with Crippen LogP contribution in [0, 0.1) is 5.92 Å². The maximum Gasteiger partial charge on any atom is 0.217 e. The van der Waals surface area contributed by atoms with Crippen molar-refractivity contribution in [2.75, 3.05) is 32.9 Å². The molecule has 1 aliphatic heterocycles. The van der Waals surface area contributed by atoms with Gasteiger partial charge in [-0.25, -0.2) is 13.1 Å². The summed E-state index contributed by atoms with van der Waals surface area (Å²) in [5.41, 5.74) is 4.65. The number of hydrogen-bond acceptors (Lipinski definition) is 4. The number of primary amides is 1. The smallest absolute Gasteiger partial charge is 0.217 e. The first-order chi connectivity index (χ1) is 10.5. The van der Waals surface area contributed by atoms with Crippen molar-refractivity contribution in [2.24, 2.45) is 16.6 Å². The molecule has 1 atom stereocenters. The van der Waals surface area contributed by atoms with Crippen molar-refractivity contribution >= 4 is 45.9 Å². The zero-order valence-corrected chi connectivity index (χ0v) is 18.0. The van der Waals surface area contributed by atoms with Crippen molar-refractivity contribution in [1.82, 2.24) is 14.9 Å². The van der Waals surface area contributed by atoms with Gasteiger partial charge in [-0.15, -0.1) is 24.0 Å². The molecule has 10 heteroatoms. The van der Waals surface area contributed by atoms with Gasteiger partial charge in [0.1, 0.15) is 0 Å². The second kappa shape index (κ2) is 9.76. The average molecular weight is 475 g/mol. The Balaban J connectivity index is 0.00000529. The van der Waals surface area contributed by atoms with Gasteiger partial charge in [0.15, 0.2) is 5.96 Å². The Bertz CT molecular complexity index is 551. The number of likely N-dealkylation sites (tertiary alicyclic amines) is 1. The zero-order valence-electron chi connectivity index (χ0n) is 14.8. The zero-order chi connectivity index (χ0) is 17.7. The van der Waals surface area contributed by atoms with Gasteiger partial charge in [0.25, 0.3) is 0 Å². The number of nitrogens with zero attached hydrogens (tertiary/aromatic N) is 2. The Hall–Kier alpha value is -0.620. The second-order valence-electron chi connectivity index (χ2n) is 6.78. The molecule has 1 amide bonds. The minimum atomic E-state index is -3.28. The lowest BCUT2D eigenvalue weighted by molar-refractivity contribution is -0.119. The minimum absolute atomic E-state index is 0. The van der Waals surface area contributed by atoms with Crippen LogP contribution in [-0.2, 0) is 14.8 Å². The molecule has 1 aliphatic rings. The number of rotatable bonds is 6. The molecule has 0 bridgehead atoms. The third-order valence-electron chi connectivity index (χ3n) is 3.67. The number of carbonyl (C=O) groups excluding carboxylic acids is 1. The molecule has 24 heavy (non-hydrogen) atoms. The average Bonchev–Trinajstić information content (AvgIpc) is 2.36. The molecule has 0 radical (unpaired) electrons. The van der Waals surface area contributed by atoms with Crippen LogP contribution in [-0.4, -0.2) is 63.7 Å². The van der Waals surface area contributed by atoms with Crippen molar-refractivity contribution in [3.8, 4) is 0 Å². The fraction of sp³-hybridized carbons (Fsp3) is 0.857. The molecular formula is C14H30IN5O3S. The van der Waals surface area contributed by atoms with Gasteiger partial charge in [0.2, 0.25) is 15.9 Å². The number of piperidine rings is 1. The molecule has 142 valence electrons. The number of halogens is 1. The van der Waals surface area contributed by atoms with E-state index in [9.17, 15) is 13.2 Å². The first-order valence-corrected chi connectivity index (χ1v) is 9.64. The van der Waals surface area contributed by atoms with E-state index in [1.807, 2.05) is 0 Å². The number of nitrogens with two attached hydrogens (primary N) is 1. The predicted octanol–water partition coefficient (Wildman–Crippen LogP) is 0.0950. The number of guanidine groups is 1. The van der Waals surface area contributed by atoms with Crippen LogP contribution in [0.5, 0.6) is 0 Å². The fourth-order valence-corrected chi connectivity index (χ4v) is 3.95. The second-order valence-corrected chi connectivity index (χ2v) is 8.53. The summed E-state index contributed by atoms with van der Waals surface area (Å²) < 4.78 is 25.4. The van der Waals surface area contributed by atoms with E-state index in [-0.39, 0.29) is 35.8 Å². The van der Waals surface area contributed by atoms with Crippen molar-refractivity contribution < 1.29 is 13.2 Å². The quantitative estimate of drug-likeness (QED) is 0.286. The predicted molar refractivity (Wildman–Crippen MR) is 107 cm³/mol. The molecule has 0 aromatic carbocycles. The molecular weight excluding hydrogens is 445 g/mol. The lowest BCUT2D eigenvalue weighted by atomic mass is 9.95. The Kier molecular flexibility index (Phi) is 9.51. The summed E-state index contributed by atoms with van der Waals surface area (Å²) in [6.07, 6.45) is 3.48. The molecule has 1 unspecified atom stereocenters. The van der Waals surface area contributed by atoms with E-state index < -0.39 is 15.6 Å². The number of aliphatic imine (C=N–C) groups is 1. The van der Waals surface area contributed by atoms with E-state index in [1.54, 1.807) is 20.9 Å². The summed E-state index contributed by atoms with van der Waals surface area (Å²) >= 11 is 0. The summed E-state index contributed by atoms with van der Waals surface area (Å²) in [4.78, 5) is 17.5. The summed E-state index contributed by atoms with van der Waals surface area (Å²) in [5, 5.41) is 3.21. The van der Waals surface area contributed by atoms with Gasteiger partial charge in [-0.05, 0) is 32.6 Å². The van der Waals surface area contributed by atoms with Crippen LogP contribution in [0.4, 0.5) is 0 Å². The first-order valence-electron chi connectivity index (χ1n) is 7.75. The molecule has 1 saturated heterocycles. The van der Waals surface area contributed by atoms with Crippen LogP contribution < -0.4 is 15.8 Å². The van der Waals surface area contributed by atoms with Crippen LogP contribution in [0.2, 0.25) is 0 Å². The van der Waals surface area contributed by atoms with Gasteiger partial charge in [-0.1, -0.05) is 0 Å². The molecule has 1 fully saturated rings. The molecule has 8 nitrogen and oxygen atoms in total. The van der Waals surface area contributed by atoms with Crippen LogP contribution >= 0.6 is 24.0 Å². The molecule has 1 heterocycles. The lowest BCUT2D eigenvalue weighted by Gasteiger charge is -2.36. The minimum Gasteiger partial charge on any atom is -0.370 e. The maximum absolute atomic E-state index is 11.4. The topological polar surface area (TPSA) is 117 Å². The van der Waals surface area contributed by atoms with E-state index in [1.165, 1.54) is 0 Å². The van der Waals surface area contributed by atoms with Crippen LogP contribution in [0.25, 0.3) is 0 Å². The number of amides is 1. The van der Waals surface area contributed by atoms with E-state index in [2.05, 4.69) is 19.9 Å². The first kappa shape index (κ1) is 23.4. The molecule has 0 aromatic heterocycles. The monoisotopic (exact) mass is 475 g/mol. The molecule has 0 spiro atoms. The highest BCUT2D eigenvalue weighted by Gasteiger charge is 2.26. The standard InChI is InChI=1S/C14H29N5O3S.HI/c1-14(2,18-23(4,21)22)10-17-13(16-3)19-7-5-6-11(9-19)8-12(15)20;/h11,18H,5-10H2,1-4H3,(H2,15,20)(H,16,17);1H. The summed E-state index contributed by atoms with van der Waals surface area (Å²) in [7, 11) is -1.59. The fourth-order valence-electron chi connectivity index (χ4n) is 2.88. The lowest BCUT2D eigenvalue weighted by Crippen LogP contribution is -2.54. The summed E-state index contributed by atoms with van der Waals surface area (Å²) in [5.74, 6) is 0.669. The highest BCUT2D eigenvalue weighted by atomic mass is 127. The van der Waals surface area contributed by atoms with Gasteiger partial charge >= 0.3 is 0 Å². The number of carbonyl (C=O) groups is 1. The highest BCUT2D eigenvalue weighted by Crippen LogP contribution is 2.19. The van der Waals surface area contributed by atoms with Gasteiger partial charge in [0, 0.05) is 38.6 Å². The van der Waals surface area contributed by atoms with E-state index in [4.69, 9.17) is 5.73 Å². The largest absolute Gasteiger partial charge is 0.370 e. The molecule has 1 rings (SSSR count). The molecule has 0 aromatic rings. The van der Waals surface area contributed by atoms with Crippen molar-refractivity contribution in [3.05, 3.63) is 0 Å².